The average molecular weight is 317 g/mol. The van der Waals surface area contributed by atoms with Gasteiger partial charge in [-0.3, -0.25) is 0 Å². The highest BCUT2D eigenvalue weighted by Gasteiger charge is 2.35. The molecule has 1 nitrogen and oxygen atoms in total. The third kappa shape index (κ3) is 2.31. The van der Waals surface area contributed by atoms with Gasteiger partial charge in [0.1, 0.15) is 0 Å². The molecule has 0 spiro atoms. The molecule has 1 aliphatic carbocycles. The summed E-state index contributed by atoms with van der Waals surface area (Å²) in [6, 6.07) is 8.83. The molecule has 1 heterocycles. The molecule has 0 atom stereocenters. The van der Waals surface area contributed by atoms with Gasteiger partial charge in [0.25, 0.3) is 0 Å². The molecule has 24 heavy (non-hydrogen) atoms. The number of hydrogen-bond acceptors (Lipinski definition) is 0. The first-order valence-electron chi connectivity index (χ1n) is 8.98. The van der Waals surface area contributed by atoms with Gasteiger partial charge in [-0.15, -0.1) is 0 Å². The zero-order valence-corrected chi connectivity index (χ0v) is 14.9. The topological polar surface area (TPSA) is 4.93 Å². The first-order chi connectivity index (χ1) is 11.7. The van der Waals surface area contributed by atoms with Crippen molar-refractivity contribution in [3.63, 3.8) is 0 Å². The first-order valence-corrected chi connectivity index (χ1v) is 8.98. The van der Waals surface area contributed by atoms with Crippen LogP contribution in [0.3, 0.4) is 0 Å². The molecule has 2 aromatic rings. The maximum absolute atomic E-state index is 4.10. The molecule has 0 amide bonds. The van der Waals surface area contributed by atoms with Gasteiger partial charge in [0.2, 0.25) is 0 Å². The van der Waals surface area contributed by atoms with E-state index in [2.05, 4.69) is 74.1 Å². The molecular formula is C23H27N. The van der Waals surface area contributed by atoms with Crippen molar-refractivity contribution < 1.29 is 0 Å². The van der Waals surface area contributed by atoms with Crippen LogP contribution in [0.5, 0.6) is 0 Å². The molecule has 0 saturated heterocycles. The SMILES string of the molecule is C=C/C=C(\C=C)C(CC)(CC)n1c2c(c3ccccc31)CCC=C2. The lowest BCUT2D eigenvalue weighted by Crippen LogP contribution is -2.35. The Bertz CT molecular complexity index is 825. The van der Waals surface area contributed by atoms with Crippen LogP contribution < -0.4 is 0 Å². The van der Waals surface area contributed by atoms with Gasteiger partial charge >= 0.3 is 0 Å². The summed E-state index contributed by atoms with van der Waals surface area (Å²) in [5.74, 6) is 0. The van der Waals surface area contributed by atoms with Crippen LogP contribution in [0.1, 0.15) is 44.4 Å². The van der Waals surface area contributed by atoms with Crippen LogP contribution in [0.2, 0.25) is 0 Å². The van der Waals surface area contributed by atoms with Crippen LogP contribution >= 0.6 is 0 Å². The fraction of sp³-hybridized carbons (Fsp3) is 0.304. The minimum absolute atomic E-state index is 0.0925. The highest BCUT2D eigenvalue weighted by atomic mass is 15.1. The second-order valence-electron chi connectivity index (χ2n) is 6.46. The molecular weight excluding hydrogens is 290 g/mol. The molecule has 3 rings (SSSR count). The zero-order chi connectivity index (χ0) is 17.2. The van der Waals surface area contributed by atoms with Gasteiger partial charge in [0, 0.05) is 16.6 Å². The van der Waals surface area contributed by atoms with Crippen LogP contribution in [-0.2, 0) is 12.0 Å². The Morgan fingerprint density at radius 1 is 1.21 bits per heavy atom. The molecule has 124 valence electrons. The highest BCUT2D eigenvalue weighted by molar-refractivity contribution is 5.89. The van der Waals surface area contributed by atoms with Crippen molar-refractivity contribution in [2.45, 2.75) is 45.1 Å². The highest BCUT2D eigenvalue weighted by Crippen LogP contribution is 2.42. The van der Waals surface area contributed by atoms with Crippen LogP contribution in [-0.4, -0.2) is 4.57 Å². The predicted octanol–water partition coefficient (Wildman–Crippen LogP) is 6.41. The largest absolute Gasteiger partial charge is 0.330 e. The number of nitrogens with zero attached hydrogens (tertiary/aromatic N) is 1. The van der Waals surface area contributed by atoms with E-state index in [9.17, 15) is 0 Å². The maximum atomic E-state index is 4.10. The molecule has 1 aromatic heterocycles. The third-order valence-electron chi connectivity index (χ3n) is 5.51. The Balaban J connectivity index is 2.42. The minimum atomic E-state index is -0.0925. The van der Waals surface area contributed by atoms with Gasteiger partial charge in [-0.2, -0.15) is 0 Å². The van der Waals surface area contributed by atoms with Crippen molar-refractivity contribution in [2.75, 3.05) is 0 Å². The van der Waals surface area contributed by atoms with Crippen LogP contribution in [0.25, 0.3) is 17.0 Å². The normalized spacial score (nSPS) is 14.7. The standard InChI is InChI=1S/C23H27N/c1-5-13-18(6-2)23(7-3,8-4)24-21-16-11-9-14-19(21)20-15-10-12-17-22(20)24/h5-6,9,11-14,16-17H,1-2,7-8,10,15H2,3-4H3/b18-13+. The van der Waals surface area contributed by atoms with Crippen molar-refractivity contribution in [3.05, 3.63) is 78.6 Å². The lowest BCUT2D eigenvalue weighted by Gasteiger charge is -2.38. The number of benzene rings is 1. The zero-order valence-electron chi connectivity index (χ0n) is 14.9. The second-order valence-corrected chi connectivity index (χ2v) is 6.46. The van der Waals surface area contributed by atoms with Gasteiger partial charge in [-0.1, -0.05) is 69.5 Å². The molecule has 0 unspecified atom stereocenters. The van der Waals surface area contributed by atoms with E-state index in [1.165, 1.54) is 27.7 Å². The maximum Gasteiger partial charge on any atom is 0.0697 e. The van der Waals surface area contributed by atoms with Crippen molar-refractivity contribution in [3.8, 4) is 0 Å². The van der Waals surface area contributed by atoms with E-state index >= 15 is 0 Å². The molecule has 0 bridgehead atoms. The summed E-state index contributed by atoms with van der Waals surface area (Å²) in [6.07, 6.45) is 14.9. The molecule has 1 aliphatic rings. The van der Waals surface area contributed by atoms with Gasteiger partial charge in [0.15, 0.2) is 0 Å². The number of aromatic nitrogens is 1. The summed E-state index contributed by atoms with van der Waals surface area (Å²) in [5, 5.41) is 1.39. The van der Waals surface area contributed by atoms with Crippen LogP contribution in [0, 0.1) is 0 Å². The van der Waals surface area contributed by atoms with Crippen molar-refractivity contribution >= 4 is 17.0 Å². The lowest BCUT2D eigenvalue weighted by atomic mass is 9.82. The van der Waals surface area contributed by atoms with Gasteiger partial charge in [0.05, 0.1) is 5.54 Å². The summed E-state index contributed by atoms with van der Waals surface area (Å²) in [5.41, 5.74) is 5.33. The van der Waals surface area contributed by atoms with Gasteiger partial charge < -0.3 is 4.57 Å². The monoisotopic (exact) mass is 317 g/mol. The van der Waals surface area contributed by atoms with Crippen LogP contribution in [0.15, 0.2) is 67.3 Å². The number of para-hydroxylation sites is 1. The van der Waals surface area contributed by atoms with Crippen molar-refractivity contribution in [2.24, 2.45) is 0 Å². The molecule has 0 radical (unpaired) electrons. The van der Waals surface area contributed by atoms with E-state index in [-0.39, 0.29) is 5.54 Å². The van der Waals surface area contributed by atoms with Crippen molar-refractivity contribution in [1.29, 1.82) is 0 Å². The number of rotatable bonds is 6. The van der Waals surface area contributed by atoms with Crippen LogP contribution in [0.4, 0.5) is 0 Å². The minimum Gasteiger partial charge on any atom is -0.330 e. The summed E-state index contributed by atoms with van der Waals surface area (Å²) < 4.78 is 2.56. The predicted molar refractivity (Wildman–Crippen MR) is 106 cm³/mol. The molecule has 0 aliphatic heterocycles. The Morgan fingerprint density at radius 2 is 1.96 bits per heavy atom. The number of hydrogen-bond donors (Lipinski definition) is 0. The fourth-order valence-corrected chi connectivity index (χ4v) is 4.29. The summed E-state index contributed by atoms with van der Waals surface area (Å²) >= 11 is 0. The van der Waals surface area contributed by atoms with E-state index < -0.39 is 0 Å². The summed E-state index contributed by atoms with van der Waals surface area (Å²) in [6.45, 7) is 12.6. The van der Waals surface area contributed by atoms with E-state index in [4.69, 9.17) is 0 Å². The summed E-state index contributed by atoms with van der Waals surface area (Å²) in [7, 11) is 0. The van der Waals surface area contributed by atoms with E-state index in [0.717, 1.165) is 25.7 Å². The van der Waals surface area contributed by atoms with Gasteiger partial charge in [-0.05, 0) is 49.0 Å². The lowest BCUT2D eigenvalue weighted by molar-refractivity contribution is 0.335. The second kappa shape index (κ2) is 6.68. The quantitative estimate of drug-likeness (QED) is 0.542. The number of fused-ring (bicyclic) bond motifs is 3. The molecule has 1 aromatic carbocycles. The summed E-state index contributed by atoms with van der Waals surface area (Å²) in [4.78, 5) is 0. The number of allylic oxidation sites excluding steroid dienone is 5. The Kier molecular flexibility index (Phi) is 4.62. The Labute approximate surface area is 145 Å². The van der Waals surface area contributed by atoms with E-state index in [1.807, 2.05) is 12.2 Å². The average Bonchev–Trinajstić information content (AvgIpc) is 2.98. The fourth-order valence-electron chi connectivity index (χ4n) is 4.29. The molecule has 0 N–H and O–H groups in total. The molecule has 0 saturated carbocycles. The van der Waals surface area contributed by atoms with Gasteiger partial charge in [-0.25, -0.2) is 0 Å². The number of aryl methyl sites for hydroxylation is 1. The molecule has 1 heteroatoms. The Hall–Kier alpha value is -2.28. The molecule has 0 fully saturated rings. The van der Waals surface area contributed by atoms with E-state index in [1.54, 1.807) is 0 Å². The first kappa shape index (κ1) is 16.6. The smallest absolute Gasteiger partial charge is 0.0697 e. The Morgan fingerprint density at radius 3 is 2.62 bits per heavy atom. The van der Waals surface area contributed by atoms with E-state index in [0.29, 0.717) is 0 Å². The third-order valence-corrected chi connectivity index (χ3v) is 5.51. The van der Waals surface area contributed by atoms with Crippen molar-refractivity contribution in [1.82, 2.24) is 4.57 Å².